The number of rotatable bonds is 2. The van der Waals surface area contributed by atoms with Crippen LogP contribution in [0.4, 0.5) is 4.79 Å². The molecular formula is C23H28N4O3. The molecule has 1 fully saturated rings. The fourth-order valence-corrected chi connectivity index (χ4v) is 3.91. The van der Waals surface area contributed by atoms with Crippen molar-refractivity contribution in [3.63, 3.8) is 0 Å². The van der Waals surface area contributed by atoms with E-state index in [4.69, 9.17) is 9.72 Å². The Kier molecular flexibility index (Phi) is 5.22. The molecule has 0 aliphatic carbocycles. The molecule has 2 aliphatic heterocycles. The van der Waals surface area contributed by atoms with E-state index in [0.717, 1.165) is 37.1 Å². The van der Waals surface area contributed by atoms with Gasteiger partial charge in [0.2, 0.25) is 5.91 Å². The van der Waals surface area contributed by atoms with Crippen molar-refractivity contribution >= 4 is 12.0 Å². The summed E-state index contributed by atoms with van der Waals surface area (Å²) in [5.41, 5.74) is 2.80. The first kappa shape index (κ1) is 20.3. The molecule has 0 unspecified atom stereocenters. The van der Waals surface area contributed by atoms with Gasteiger partial charge in [0.25, 0.3) is 0 Å². The van der Waals surface area contributed by atoms with Crippen LogP contribution in [0.5, 0.6) is 0 Å². The second-order valence-corrected chi connectivity index (χ2v) is 9.00. The fourth-order valence-electron chi connectivity index (χ4n) is 3.91. The maximum absolute atomic E-state index is 13.3. The summed E-state index contributed by atoms with van der Waals surface area (Å²) < 4.78 is 5.59. The molecule has 0 N–H and O–H groups in total. The highest BCUT2D eigenvalue weighted by atomic mass is 16.6. The molecule has 0 radical (unpaired) electrons. The van der Waals surface area contributed by atoms with Gasteiger partial charge < -0.3 is 9.64 Å². The zero-order chi connectivity index (χ0) is 21.5. The zero-order valence-electron chi connectivity index (χ0n) is 18.0. The van der Waals surface area contributed by atoms with E-state index >= 15 is 0 Å². The van der Waals surface area contributed by atoms with Gasteiger partial charge in [-0.15, -0.1) is 0 Å². The Morgan fingerprint density at radius 2 is 1.77 bits per heavy atom. The van der Waals surface area contributed by atoms with Crippen LogP contribution in [0.2, 0.25) is 0 Å². The van der Waals surface area contributed by atoms with Crippen LogP contribution in [0.25, 0.3) is 11.4 Å². The third kappa shape index (κ3) is 4.01. The molecule has 2 aliphatic rings. The summed E-state index contributed by atoms with van der Waals surface area (Å²) in [7, 11) is 0. The maximum atomic E-state index is 13.3. The molecule has 2 aromatic rings. The highest BCUT2D eigenvalue weighted by Crippen LogP contribution is 2.36. The second-order valence-electron chi connectivity index (χ2n) is 9.00. The van der Waals surface area contributed by atoms with Crippen LogP contribution in [-0.2, 0) is 16.1 Å². The number of amides is 2. The van der Waals surface area contributed by atoms with Crippen molar-refractivity contribution in [2.75, 3.05) is 13.1 Å². The first-order valence-electron chi connectivity index (χ1n) is 10.4. The molecule has 0 saturated carbocycles. The SMILES string of the molecule is Cc1ccc(-c2ncc3c(n2)CN(C(=O)OC(C)(C)C)[C@@H]3C(=O)N2CCCC2)cc1. The van der Waals surface area contributed by atoms with Crippen molar-refractivity contribution in [2.24, 2.45) is 0 Å². The average Bonchev–Trinajstić information content (AvgIpc) is 3.34. The molecule has 1 atom stereocenters. The van der Waals surface area contributed by atoms with Crippen LogP contribution in [0.1, 0.15) is 56.5 Å². The van der Waals surface area contributed by atoms with Gasteiger partial charge in [0.1, 0.15) is 11.6 Å². The third-order valence-electron chi connectivity index (χ3n) is 5.42. The van der Waals surface area contributed by atoms with E-state index in [9.17, 15) is 9.59 Å². The first-order valence-corrected chi connectivity index (χ1v) is 10.4. The van der Waals surface area contributed by atoms with Gasteiger partial charge in [0, 0.05) is 30.4 Å². The molecule has 0 spiro atoms. The summed E-state index contributed by atoms with van der Waals surface area (Å²) in [5, 5.41) is 0. The highest BCUT2D eigenvalue weighted by Gasteiger charge is 2.43. The molecule has 30 heavy (non-hydrogen) atoms. The maximum Gasteiger partial charge on any atom is 0.411 e. The van der Waals surface area contributed by atoms with Crippen LogP contribution in [0.15, 0.2) is 30.5 Å². The largest absolute Gasteiger partial charge is 0.444 e. The normalized spacial score (nSPS) is 18.5. The van der Waals surface area contributed by atoms with E-state index in [1.165, 1.54) is 4.90 Å². The van der Waals surface area contributed by atoms with Gasteiger partial charge in [0.05, 0.1) is 12.2 Å². The standard InChI is InChI=1S/C23H28N4O3/c1-15-7-9-16(10-8-15)20-24-13-17-18(25-20)14-27(22(29)30-23(2,3)4)19(17)21(28)26-11-5-6-12-26/h7-10,13,19H,5-6,11-12,14H2,1-4H3/t19-/m0/s1. The Bertz CT molecular complexity index is 959. The zero-order valence-corrected chi connectivity index (χ0v) is 18.0. The Labute approximate surface area is 177 Å². The van der Waals surface area contributed by atoms with E-state index in [-0.39, 0.29) is 12.5 Å². The number of ether oxygens (including phenoxy) is 1. The van der Waals surface area contributed by atoms with Gasteiger partial charge >= 0.3 is 6.09 Å². The first-order chi connectivity index (χ1) is 14.2. The van der Waals surface area contributed by atoms with Crippen LogP contribution in [0, 0.1) is 6.92 Å². The van der Waals surface area contributed by atoms with Gasteiger partial charge in [-0.1, -0.05) is 29.8 Å². The number of nitrogens with zero attached hydrogens (tertiary/aromatic N) is 4. The highest BCUT2D eigenvalue weighted by molar-refractivity contribution is 5.88. The van der Waals surface area contributed by atoms with Crippen LogP contribution in [-0.4, -0.2) is 50.5 Å². The molecule has 7 heteroatoms. The molecule has 4 rings (SSSR count). The van der Waals surface area contributed by atoms with Crippen molar-refractivity contribution in [1.29, 1.82) is 0 Å². The molecule has 1 aromatic carbocycles. The number of aromatic nitrogens is 2. The summed E-state index contributed by atoms with van der Waals surface area (Å²) >= 11 is 0. The summed E-state index contributed by atoms with van der Waals surface area (Å²) in [6.45, 7) is 9.16. The van der Waals surface area contributed by atoms with Crippen LogP contribution in [0.3, 0.4) is 0 Å². The number of carbonyl (C=O) groups is 2. The van der Waals surface area contributed by atoms with Crippen molar-refractivity contribution < 1.29 is 14.3 Å². The third-order valence-corrected chi connectivity index (χ3v) is 5.42. The number of hydrogen-bond acceptors (Lipinski definition) is 5. The summed E-state index contributed by atoms with van der Waals surface area (Å²) in [6.07, 6.45) is 3.16. The predicted molar refractivity (Wildman–Crippen MR) is 113 cm³/mol. The molecule has 7 nitrogen and oxygen atoms in total. The van der Waals surface area contributed by atoms with Crippen LogP contribution < -0.4 is 0 Å². The minimum Gasteiger partial charge on any atom is -0.444 e. The van der Waals surface area contributed by atoms with Crippen LogP contribution >= 0.6 is 0 Å². The van der Waals surface area contributed by atoms with Crippen molar-refractivity contribution in [3.05, 3.63) is 47.3 Å². The lowest BCUT2D eigenvalue weighted by molar-refractivity contribution is -0.135. The summed E-state index contributed by atoms with van der Waals surface area (Å²) in [4.78, 5) is 38.8. The minimum absolute atomic E-state index is 0.0798. The average molecular weight is 409 g/mol. The monoisotopic (exact) mass is 408 g/mol. The van der Waals surface area contributed by atoms with E-state index in [1.54, 1.807) is 6.20 Å². The summed E-state index contributed by atoms with van der Waals surface area (Å²) in [6, 6.07) is 7.24. The smallest absolute Gasteiger partial charge is 0.411 e. The number of benzene rings is 1. The molecule has 2 amide bonds. The molecule has 0 bridgehead atoms. The van der Waals surface area contributed by atoms with Gasteiger partial charge in [-0.05, 0) is 40.5 Å². The molecule has 3 heterocycles. The van der Waals surface area contributed by atoms with E-state index < -0.39 is 17.7 Å². The van der Waals surface area contributed by atoms with E-state index in [0.29, 0.717) is 17.1 Å². The van der Waals surface area contributed by atoms with Crippen molar-refractivity contribution in [2.45, 2.75) is 58.7 Å². The van der Waals surface area contributed by atoms with Gasteiger partial charge in [-0.2, -0.15) is 0 Å². The lowest BCUT2D eigenvalue weighted by atomic mass is 10.1. The van der Waals surface area contributed by atoms with Gasteiger partial charge in [-0.3, -0.25) is 9.69 Å². The molecule has 1 saturated heterocycles. The van der Waals surface area contributed by atoms with Gasteiger partial charge in [0.15, 0.2) is 5.82 Å². The second kappa shape index (κ2) is 7.70. The van der Waals surface area contributed by atoms with Crippen molar-refractivity contribution in [3.8, 4) is 11.4 Å². The van der Waals surface area contributed by atoms with E-state index in [1.807, 2.05) is 56.9 Å². The lowest BCUT2D eigenvalue weighted by Crippen LogP contribution is -2.43. The minimum atomic E-state index is -0.736. The van der Waals surface area contributed by atoms with Gasteiger partial charge in [-0.25, -0.2) is 14.8 Å². The molecule has 158 valence electrons. The lowest BCUT2D eigenvalue weighted by Gasteiger charge is -2.30. The van der Waals surface area contributed by atoms with E-state index in [2.05, 4.69) is 4.98 Å². The fraction of sp³-hybridized carbons (Fsp3) is 0.478. The number of aryl methyl sites for hydroxylation is 1. The number of hydrogen-bond donors (Lipinski definition) is 0. The molecular weight excluding hydrogens is 380 g/mol. The quantitative estimate of drug-likeness (QED) is 0.754. The predicted octanol–water partition coefficient (Wildman–Crippen LogP) is 3.87. The molecule has 1 aromatic heterocycles. The number of fused-ring (bicyclic) bond motifs is 1. The topological polar surface area (TPSA) is 75.6 Å². The number of carbonyl (C=O) groups excluding carboxylic acids is 2. The Hall–Kier alpha value is -2.96. The Balaban J connectivity index is 1.69. The summed E-state index contributed by atoms with van der Waals surface area (Å²) in [5.74, 6) is 0.510. The Morgan fingerprint density at radius 3 is 2.40 bits per heavy atom. The number of likely N-dealkylation sites (tertiary alicyclic amines) is 1. The van der Waals surface area contributed by atoms with Crippen molar-refractivity contribution in [1.82, 2.24) is 19.8 Å². The Morgan fingerprint density at radius 1 is 1.10 bits per heavy atom.